The first-order valence-corrected chi connectivity index (χ1v) is 11.7. The van der Waals surface area contributed by atoms with E-state index in [9.17, 15) is 9.59 Å². The molecule has 2 bridgehead atoms. The van der Waals surface area contributed by atoms with Gasteiger partial charge in [-0.25, -0.2) is 0 Å². The smallest absolute Gasteiger partial charge is 0.255 e. The minimum atomic E-state index is -0.417. The summed E-state index contributed by atoms with van der Waals surface area (Å²) in [6.07, 6.45) is 6.32. The number of fused-ring (bicyclic) bond motifs is 4. The van der Waals surface area contributed by atoms with Gasteiger partial charge in [-0.1, -0.05) is 19.1 Å². The van der Waals surface area contributed by atoms with E-state index in [-0.39, 0.29) is 17.2 Å². The fourth-order valence-corrected chi connectivity index (χ4v) is 7.24. The van der Waals surface area contributed by atoms with Crippen molar-refractivity contribution in [3.05, 3.63) is 29.8 Å². The zero-order valence-corrected chi connectivity index (χ0v) is 17.8. The number of anilines is 1. The van der Waals surface area contributed by atoms with Crippen molar-refractivity contribution in [2.75, 3.05) is 31.5 Å². The second-order valence-corrected chi connectivity index (χ2v) is 10.6. The van der Waals surface area contributed by atoms with E-state index in [4.69, 9.17) is 0 Å². The Morgan fingerprint density at radius 1 is 1.13 bits per heavy atom. The third-order valence-electron chi connectivity index (χ3n) is 8.87. The molecule has 1 aromatic carbocycles. The molecule has 2 N–H and O–H groups in total. The van der Waals surface area contributed by atoms with Crippen molar-refractivity contribution in [1.29, 1.82) is 0 Å². The number of para-hydroxylation sites is 1. The molecule has 2 saturated heterocycles. The molecule has 0 radical (unpaired) electrons. The Balaban J connectivity index is 1.24. The van der Waals surface area contributed by atoms with Crippen LogP contribution in [0.3, 0.4) is 0 Å². The van der Waals surface area contributed by atoms with Crippen molar-refractivity contribution in [3.63, 3.8) is 0 Å². The van der Waals surface area contributed by atoms with Crippen LogP contribution in [0.4, 0.5) is 5.69 Å². The summed E-state index contributed by atoms with van der Waals surface area (Å²) in [5.74, 6) is 0.746. The van der Waals surface area contributed by atoms with Crippen LogP contribution in [-0.2, 0) is 4.79 Å². The molecule has 30 heavy (non-hydrogen) atoms. The van der Waals surface area contributed by atoms with Gasteiger partial charge in [0.15, 0.2) is 0 Å². The van der Waals surface area contributed by atoms with E-state index in [1.807, 2.05) is 24.3 Å². The number of rotatable bonds is 1. The lowest BCUT2D eigenvalue weighted by Gasteiger charge is -2.61. The first-order chi connectivity index (χ1) is 14.5. The van der Waals surface area contributed by atoms with E-state index < -0.39 is 5.66 Å². The van der Waals surface area contributed by atoms with E-state index in [0.717, 1.165) is 56.6 Å². The number of carbonyl (C=O) groups is 2. The van der Waals surface area contributed by atoms with Crippen LogP contribution in [0, 0.1) is 17.3 Å². The summed E-state index contributed by atoms with van der Waals surface area (Å²) in [6.45, 7) is 6.30. The average molecular weight is 409 g/mol. The first kappa shape index (κ1) is 18.7. The standard InChI is InChI=1S/C24H32N4O2/c1-23-9-8-16(24(15-23)25-20-7-3-2-6-18(20)21(29)26-24)13-19(23)22(30)28-12-11-27-10-4-5-17(27)14-28/h2-3,6-7,16-17,19,25H,4-5,8-15H2,1H3,(H,26,29)/t16-,17+,19+,23-,24+/m0/s1. The first-order valence-electron chi connectivity index (χ1n) is 11.7. The normalized spacial score (nSPS) is 40.0. The maximum atomic E-state index is 13.7. The third-order valence-corrected chi connectivity index (χ3v) is 8.87. The molecule has 1 aromatic rings. The van der Waals surface area contributed by atoms with Gasteiger partial charge in [-0.3, -0.25) is 14.5 Å². The second kappa shape index (κ2) is 6.46. The molecule has 6 aliphatic rings. The largest absolute Gasteiger partial charge is 0.362 e. The Kier molecular flexibility index (Phi) is 4.02. The van der Waals surface area contributed by atoms with Gasteiger partial charge in [0, 0.05) is 43.2 Å². The number of hydrogen-bond donors (Lipinski definition) is 2. The summed E-state index contributed by atoms with van der Waals surface area (Å²) in [5, 5.41) is 7.04. The van der Waals surface area contributed by atoms with E-state index >= 15 is 0 Å². The maximum Gasteiger partial charge on any atom is 0.255 e. The molecule has 3 saturated carbocycles. The molecular formula is C24H32N4O2. The lowest BCUT2D eigenvalue weighted by atomic mass is 9.51. The Morgan fingerprint density at radius 2 is 2.00 bits per heavy atom. The van der Waals surface area contributed by atoms with Crippen LogP contribution in [-0.4, -0.2) is 59.5 Å². The Labute approximate surface area is 178 Å². The summed E-state index contributed by atoms with van der Waals surface area (Å²) in [4.78, 5) is 31.3. The van der Waals surface area contributed by atoms with E-state index in [0.29, 0.717) is 17.9 Å². The van der Waals surface area contributed by atoms with Crippen LogP contribution in [0.25, 0.3) is 0 Å². The molecule has 0 aromatic heterocycles. The quantitative estimate of drug-likeness (QED) is 0.750. The van der Waals surface area contributed by atoms with Gasteiger partial charge >= 0.3 is 0 Å². The number of benzene rings is 1. The van der Waals surface area contributed by atoms with Crippen molar-refractivity contribution < 1.29 is 9.59 Å². The monoisotopic (exact) mass is 408 g/mol. The van der Waals surface area contributed by atoms with Crippen LogP contribution in [0.5, 0.6) is 0 Å². The van der Waals surface area contributed by atoms with Gasteiger partial charge < -0.3 is 15.5 Å². The van der Waals surface area contributed by atoms with Crippen LogP contribution in [0.1, 0.15) is 55.8 Å². The van der Waals surface area contributed by atoms with Crippen molar-refractivity contribution >= 4 is 17.5 Å². The summed E-state index contributed by atoms with van der Waals surface area (Å²) in [6, 6.07) is 8.34. The van der Waals surface area contributed by atoms with Crippen LogP contribution >= 0.6 is 0 Å². The molecule has 7 rings (SSSR count). The second-order valence-electron chi connectivity index (χ2n) is 10.6. The molecule has 6 heteroatoms. The molecule has 5 atom stereocenters. The van der Waals surface area contributed by atoms with Crippen molar-refractivity contribution in [3.8, 4) is 0 Å². The highest BCUT2D eigenvalue weighted by Gasteiger charge is 2.60. The molecule has 160 valence electrons. The molecule has 6 nitrogen and oxygen atoms in total. The minimum Gasteiger partial charge on any atom is -0.362 e. The molecular weight excluding hydrogens is 376 g/mol. The number of nitrogens with one attached hydrogen (secondary N) is 2. The van der Waals surface area contributed by atoms with Gasteiger partial charge in [0.05, 0.1) is 5.56 Å². The van der Waals surface area contributed by atoms with Crippen LogP contribution in [0.2, 0.25) is 0 Å². The van der Waals surface area contributed by atoms with Crippen molar-refractivity contribution in [2.24, 2.45) is 17.3 Å². The lowest BCUT2D eigenvalue weighted by molar-refractivity contribution is -0.153. The summed E-state index contributed by atoms with van der Waals surface area (Å²) >= 11 is 0. The molecule has 3 aliphatic heterocycles. The Hall–Kier alpha value is -2.08. The van der Waals surface area contributed by atoms with E-state index in [2.05, 4.69) is 27.4 Å². The molecule has 3 aliphatic carbocycles. The molecule has 2 amide bonds. The highest BCUT2D eigenvalue weighted by atomic mass is 16.2. The minimum absolute atomic E-state index is 0.0146. The maximum absolute atomic E-state index is 13.7. The third kappa shape index (κ3) is 2.65. The van der Waals surface area contributed by atoms with Gasteiger partial charge in [-0.05, 0) is 62.6 Å². The summed E-state index contributed by atoms with van der Waals surface area (Å²) in [7, 11) is 0. The highest BCUT2D eigenvalue weighted by Crippen LogP contribution is 2.58. The van der Waals surface area contributed by atoms with Crippen molar-refractivity contribution in [2.45, 2.75) is 57.2 Å². The van der Waals surface area contributed by atoms with Gasteiger partial charge in [0.2, 0.25) is 5.91 Å². The molecule has 1 spiro atoms. The van der Waals surface area contributed by atoms with Gasteiger partial charge in [-0.15, -0.1) is 0 Å². The van der Waals surface area contributed by atoms with Crippen LogP contribution in [0.15, 0.2) is 24.3 Å². The fraction of sp³-hybridized carbons (Fsp3) is 0.667. The van der Waals surface area contributed by atoms with Crippen LogP contribution < -0.4 is 10.6 Å². The van der Waals surface area contributed by atoms with Gasteiger partial charge in [0.25, 0.3) is 5.91 Å². The predicted molar refractivity (Wildman–Crippen MR) is 115 cm³/mol. The number of hydrogen-bond acceptors (Lipinski definition) is 4. The predicted octanol–water partition coefficient (Wildman–Crippen LogP) is 2.67. The molecule has 3 heterocycles. The van der Waals surface area contributed by atoms with Crippen molar-refractivity contribution in [1.82, 2.24) is 15.1 Å². The fourth-order valence-electron chi connectivity index (χ4n) is 7.24. The lowest BCUT2D eigenvalue weighted by Crippen LogP contribution is -2.70. The van der Waals surface area contributed by atoms with E-state index in [1.54, 1.807) is 0 Å². The summed E-state index contributed by atoms with van der Waals surface area (Å²) in [5.41, 5.74) is 1.15. The molecule has 0 unspecified atom stereocenters. The Bertz CT molecular complexity index is 903. The number of carbonyl (C=O) groups excluding carboxylic acids is 2. The number of piperazine rings is 1. The van der Waals surface area contributed by atoms with Gasteiger partial charge in [-0.2, -0.15) is 0 Å². The zero-order chi connectivity index (χ0) is 20.5. The number of amides is 2. The van der Waals surface area contributed by atoms with E-state index in [1.165, 1.54) is 19.4 Å². The average Bonchev–Trinajstić information content (AvgIpc) is 3.21. The summed E-state index contributed by atoms with van der Waals surface area (Å²) < 4.78 is 0. The van der Waals surface area contributed by atoms with Gasteiger partial charge in [0.1, 0.15) is 5.66 Å². The molecule has 5 fully saturated rings. The highest BCUT2D eigenvalue weighted by molar-refractivity contribution is 6.02. The topological polar surface area (TPSA) is 64.7 Å². The zero-order valence-electron chi connectivity index (χ0n) is 17.8. The number of nitrogens with zero attached hydrogens (tertiary/aromatic N) is 2. The SMILES string of the molecule is C[C@@]12CC[C@@H](C[C@@H]1C(=O)N1CCN3CCC[C@@H]3C1)[C@@]1(C2)NC(=O)c2ccccc2N1. The Morgan fingerprint density at radius 3 is 2.87 bits per heavy atom.